The lowest BCUT2D eigenvalue weighted by Crippen LogP contribution is -2.59. The third-order valence-electron chi connectivity index (χ3n) is 9.56. The first kappa shape index (κ1) is 24.1. The number of benzene rings is 1. The number of ether oxygens (including phenoxy) is 1. The molecule has 4 aliphatic rings. The Hall–Kier alpha value is -1.66. The summed E-state index contributed by atoms with van der Waals surface area (Å²) in [7, 11) is 1.44. The van der Waals surface area contributed by atoms with Gasteiger partial charge in [-0.1, -0.05) is 31.4 Å². The maximum absolute atomic E-state index is 14.7. The topological polar surface area (TPSA) is 44.8 Å². The van der Waals surface area contributed by atoms with Crippen LogP contribution in [0.5, 0.6) is 0 Å². The minimum Gasteiger partial charge on any atom is -0.453 e. The summed E-state index contributed by atoms with van der Waals surface area (Å²) in [6.45, 7) is 5.51. The molecule has 0 aromatic heterocycles. The van der Waals surface area contributed by atoms with Gasteiger partial charge in [-0.15, -0.1) is 0 Å². The number of carbonyl (C=O) groups excluding carboxylic acids is 1. The summed E-state index contributed by atoms with van der Waals surface area (Å²) < 4.78 is 19.7. The first-order valence-electron chi connectivity index (χ1n) is 13.7. The quantitative estimate of drug-likeness (QED) is 0.611. The van der Waals surface area contributed by atoms with Gasteiger partial charge >= 0.3 is 6.09 Å². The molecule has 0 unspecified atom stereocenters. The predicted octanol–water partition coefficient (Wildman–Crippen LogP) is 4.95. The molecule has 2 aliphatic carbocycles. The van der Waals surface area contributed by atoms with Crippen LogP contribution >= 0.6 is 0 Å². The molecule has 1 aromatic rings. The molecule has 1 aromatic carbocycles. The van der Waals surface area contributed by atoms with Crippen molar-refractivity contribution in [1.82, 2.24) is 15.1 Å². The Bertz CT molecular complexity index is 833. The second-order valence-electron chi connectivity index (χ2n) is 11.2. The zero-order valence-electron chi connectivity index (χ0n) is 20.8. The number of rotatable bonds is 7. The van der Waals surface area contributed by atoms with E-state index in [1.165, 1.54) is 39.2 Å². The standard InChI is InChI=1S/C28H42FN3O2/c1-34-27(33)30-26-12-5-11-25(26)28(20-31-15-6-16-31,22-7-4-8-23(29)19-22)21-13-17-32(18-14-21)24-9-2-3-10-24/h4,7-8,19,21,24-26H,2-3,5-6,9-18,20H2,1H3,(H,30,33)/t25-,26-,28-/m0/s1. The van der Waals surface area contributed by atoms with Crippen molar-refractivity contribution in [2.45, 2.75) is 81.7 Å². The average Bonchev–Trinajstić information content (AvgIpc) is 3.52. The molecule has 1 N–H and O–H groups in total. The molecule has 5 nitrogen and oxygen atoms in total. The van der Waals surface area contributed by atoms with Crippen LogP contribution in [0.4, 0.5) is 9.18 Å². The number of hydrogen-bond acceptors (Lipinski definition) is 4. The lowest BCUT2D eigenvalue weighted by molar-refractivity contribution is 0.0181. The maximum Gasteiger partial charge on any atom is 0.407 e. The SMILES string of the molecule is COC(=O)N[C@H]1CCC[C@@H]1[C@](CN1CCC1)(c1cccc(F)c1)C1CCN(C2CCCC2)CC1. The van der Waals surface area contributed by atoms with Gasteiger partial charge in [0.2, 0.25) is 0 Å². The van der Waals surface area contributed by atoms with E-state index in [4.69, 9.17) is 4.74 Å². The highest BCUT2D eigenvalue weighted by Gasteiger charge is 2.53. The fraction of sp³-hybridized carbons (Fsp3) is 0.750. The van der Waals surface area contributed by atoms with E-state index in [0.29, 0.717) is 5.92 Å². The second kappa shape index (κ2) is 10.5. The van der Waals surface area contributed by atoms with Crippen LogP contribution in [0.25, 0.3) is 0 Å². The third kappa shape index (κ3) is 4.73. The lowest BCUT2D eigenvalue weighted by Gasteiger charge is -2.54. The summed E-state index contributed by atoms with van der Waals surface area (Å²) in [6, 6.07) is 8.27. The van der Waals surface area contributed by atoms with Gasteiger partial charge in [0, 0.05) is 24.0 Å². The van der Waals surface area contributed by atoms with Crippen molar-refractivity contribution in [3.8, 4) is 0 Å². The van der Waals surface area contributed by atoms with E-state index in [-0.39, 0.29) is 29.3 Å². The fourth-order valence-electron chi connectivity index (χ4n) is 7.79. The van der Waals surface area contributed by atoms with E-state index in [1.807, 2.05) is 6.07 Å². The molecule has 2 saturated heterocycles. The summed E-state index contributed by atoms with van der Waals surface area (Å²) in [5.74, 6) is 0.624. The van der Waals surface area contributed by atoms with Crippen molar-refractivity contribution in [1.29, 1.82) is 0 Å². The van der Waals surface area contributed by atoms with Gasteiger partial charge < -0.3 is 19.9 Å². The van der Waals surface area contributed by atoms with Gasteiger partial charge in [-0.25, -0.2) is 9.18 Å². The molecule has 34 heavy (non-hydrogen) atoms. The molecule has 0 radical (unpaired) electrons. The highest BCUT2D eigenvalue weighted by molar-refractivity contribution is 5.67. The van der Waals surface area contributed by atoms with Crippen molar-refractivity contribution < 1.29 is 13.9 Å². The van der Waals surface area contributed by atoms with Crippen LogP contribution in [0.2, 0.25) is 0 Å². The summed E-state index contributed by atoms with van der Waals surface area (Å²) >= 11 is 0. The van der Waals surface area contributed by atoms with Crippen molar-refractivity contribution in [3.63, 3.8) is 0 Å². The Morgan fingerprint density at radius 1 is 1.03 bits per heavy atom. The lowest BCUT2D eigenvalue weighted by atomic mass is 9.57. The number of methoxy groups -OCH3 is 1. The zero-order valence-corrected chi connectivity index (χ0v) is 20.8. The van der Waals surface area contributed by atoms with Gasteiger partial charge in [0.1, 0.15) is 5.82 Å². The van der Waals surface area contributed by atoms with Gasteiger partial charge in [0.25, 0.3) is 0 Å². The van der Waals surface area contributed by atoms with Gasteiger partial charge in [-0.2, -0.15) is 0 Å². The van der Waals surface area contributed by atoms with E-state index in [0.717, 1.165) is 76.4 Å². The Balaban J connectivity index is 1.49. The normalized spacial score (nSPS) is 29.0. The Labute approximate surface area is 204 Å². The number of piperidine rings is 1. The van der Waals surface area contributed by atoms with Crippen LogP contribution in [0, 0.1) is 17.7 Å². The van der Waals surface area contributed by atoms with E-state index < -0.39 is 0 Å². The first-order chi connectivity index (χ1) is 16.6. The third-order valence-corrected chi connectivity index (χ3v) is 9.56. The average molecular weight is 472 g/mol. The molecule has 6 heteroatoms. The zero-order chi connectivity index (χ0) is 23.5. The molecular weight excluding hydrogens is 429 g/mol. The van der Waals surface area contributed by atoms with Crippen molar-refractivity contribution >= 4 is 6.09 Å². The van der Waals surface area contributed by atoms with Crippen LogP contribution in [-0.2, 0) is 10.2 Å². The molecule has 5 rings (SSSR count). The number of nitrogens with one attached hydrogen (secondary N) is 1. The van der Waals surface area contributed by atoms with Crippen LogP contribution in [-0.4, -0.2) is 67.8 Å². The first-order valence-corrected chi connectivity index (χ1v) is 13.7. The van der Waals surface area contributed by atoms with Crippen molar-refractivity contribution in [2.75, 3.05) is 39.8 Å². The summed E-state index contributed by atoms with van der Waals surface area (Å²) in [5, 5.41) is 3.19. The molecule has 4 fully saturated rings. The molecule has 0 spiro atoms. The molecule has 3 atom stereocenters. The second-order valence-corrected chi connectivity index (χ2v) is 11.2. The van der Waals surface area contributed by atoms with Crippen LogP contribution in [0.3, 0.4) is 0 Å². The van der Waals surface area contributed by atoms with Crippen LogP contribution in [0.15, 0.2) is 24.3 Å². The maximum atomic E-state index is 14.7. The molecule has 2 saturated carbocycles. The van der Waals surface area contributed by atoms with Gasteiger partial charge in [0.05, 0.1) is 7.11 Å². The number of amides is 1. The van der Waals surface area contributed by atoms with E-state index in [9.17, 15) is 9.18 Å². The summed E-state index contributed by atoms with van der Waals surface area (Å²) in [6.07, 6.45) is 11.8. The number of likely N-dealkylation sites (tertiary alicyclic amines) is 2. The van der Waals surface area contributed by atoms with E-state index >= 15 is 0 Å². The molecule has 2 aliphatic heterocycles. The van der Waals surface area contributed by atoms with Gasteiger partial charge in [-0.05, 0) is 101 Å². The van der Waals surface area contributed by atoms with Crippen molar-refractivity contribution in [3.05, 3.63) is 35.6 Å². The van der Waals surface area contributed by atoms with Crippen LogP contribution in [0.1, 0.15) is 69.8 Å². The van der Waals surface area contributed by atoms with Crippen molar-refractivity contribution in [2.24, 2.45) is 11.8 Å². The number of carbonyl (C=O) groups is 1. The van der Waals surface area contributed by atoms with E-state index in [1.54, 1.807) is 12.1 Å². The predicted molar refractivity (Wildman–Crippen MR) is 132 cm³/mol. The molecular formula is C28H42FN3O2. The minimum atomic E-state index is -0.343. The Morgan fingerprint density at radius 3 is 2.44 bits per heavy atom. The smallest absolute Gasteiger partial charge is 0.407 e. The highest BCUT2D eigenvalue weighted by Crippen LogP contribution is 2.51. The minimum absolute atomic E-state index is 0.0739. The number of alkyl carbamates (subject to hydrolysis) is 1. The highest BCUT2D eigenvalue weighted by atomic mass is 19.1. The molecule has 188 valence electrons. The summed E-state index contributed by atoms with van der Waals surface area (Å²) in [5.41, 5.74) is 0.981. The Morgan fingerprint density at radius 2 is 1.79 bits per heavy atom. The number of hydrogen-bond donors (Lipinski definition) is 1. The fourth-order valence-corrected chi connectivity index (χ4v) is 7.79. The van der Waals surface area contributed by atoms with Crippen LogP contribution < -0.4 is 5.32 Å². The Kier molecular flexibility index (Phi) is 7.45. The number of halogens is 1. The molecule has 0 bridgehead atoms. The number of nitrogens with zero attached hydrogens (tertiary/aromatic N) is 2. The summed E-state index contributed by atoms with van der Waals surface area (Å²) in [4.78, 5) is 17.6. The van der Waals surface area contributed by atoms with Gasteiger partial charge in [0.15, 0.2) is 0 Å². The molecule has 2 heterocycles. The largest absolute Gasteiger partial charge is 0.453 e. The monoisotopic (exact) mass is 471 g/mol. The van der Waals surface area contributed by atoms with E-state index in [2.05, 4.69) is 21.2 Å². The molecule has 1 amide bonds. The van der Waals surface area contributed by atoms with Gasteiger partial charge in [-0.3, -0.25) is 0 Å².